The minimum atomic E-state index is -0.104. The van der Waals surface area contributed by atoms with E-state index in [4.69, 9.17) is 11.6 Å². The molecule has 3 heteroatoms. The van der Waals surface area contributed by atoms with Crippen LogP contribution in [0.15, 0.2) is 59.5 Å². The summed E-state index contributed by atoms with van der Waals surface area (Å²) in [4.78, 5) is 1.02. The van der Waals surface area contributed by atoms with Crippen LogP contribution < -0.4 is 0 Å². The van der Waals surface area contributed by atoms with Gasteiger partial charge in [-0.25, -0.2) is 0 Å². The zero-order valence-corrected chi connectivity index (χ0v) is 11.3. The third-order valence-electron chi connectivity index (χ3n) is 2.60. The van der Waals surface area contributed by atoms with E-state index in [1.165, 1.54) is 0 Å². The molecule has 0 aromatic heterocycles. The van der Waals surface area contributed by atoms with Crippen molar-refractivity contribution in [1.82, 2.24) is 0 Å². The van der Waals surface area contributed by atoms with Crippen LogP contribution in [0.25, 0.3) is 0 Å². The second kappa shape index (κ2) is 6.49. The van der Waals surface area contributed by atoms with Crippen LogP contribution in [-0.4, -0.2) is 5.75 Å². The molecule has 90 valence electrons. The summed E-state index contributed by atoms with van der Waals surface area (Å²) in [7, 11) is 0. The minimum absolute atomic E-state index is 0.104. The van der Waals surface area contributed by atoms with Crippen LogP contribution in [0.4, 0.5) is 0 Å². The van der Waals surface area contributed by atoms with Crippen molar-refractivity contribution in [2.45, 2.75) is 10.8 Å². The van der Waals surface area contributed by atoms with Gasteiger partial charge >= 0.3 is 0 Å². The molecule has 18 heavy (non-hydrogen) atoms. The molecule has 0 spiro atoms. The Kier molecular flexibility index (Phi) is 4.69. The van der Waals surface area contributed by atoms with Crippen molar-refractivity contribution in [1.29, 1.82) is 5.26 Å². The maximum Gasteiger partial charge on any atom is 0.0806 e. The molecule has 2 rings (SSSR count). The van der Waals surface area contributed by atoms with E-state index in [1.54, 1.807) is 11.8 Å². The van der Waals surface area contributed by atoms with Gasteiger partial charge in [0, 0.05) is 10.6 Å². The summed E-state index contributed by atoms with van der Waals surface area (Å²) in [6, 6.07) is 19.9. The van der Waals surface area contributed by atoms with Gasteiger partial charge in [-0.15, -0.1) is 11.8 Å². The number of thioether (sulfide) groups is 1. The van der Waals surface area contributed by atoms with Gasteiger partial charge in [-0.1, -0.05) is 54.1 Å². The first kappa shape index (κ1) is 13.0. The maximum absolute atomic E-state index is 9.23. The highest BCUT2D eigenvalue weighted by atomic mass is 35.5. The number of benzene rings is 2. The molecule has 0 saturated heterocycles. The molecule has 0 aliphatic heterocycles. The molecule has 2 aromatic carbocycles. The molecule has 0 amide bonds. The molecule has 0 bridgehead atoms. The molecule has 0 aliphatic rings. The van der Waals surface area contributed by atoms with E-state index in [1.807, 2.05) is 54.6 Å². The molecule has 1 nitrogen and oxygen atoms in total. The maximum atomic E-state index is 9.23. The van der Waals surface area contributed by atoms with Crippen LogP contribution in [0.5, 0.6) is 0 Å². The number of nitrogens with zero attached hydrogens (tertiary/aromatic N) is 1. The second-order valence-electron chi connectivity index (χ2n) is 3.83. The van der Waals surface area contributed by atoms with Crippen LogP contribution in [0, 0.1) is 11.3 Å². The van der Waals surface area contributed by atoms with Gasteiger partial charge in [0.1, 0.15) is 0 Å². The third-order valence-corrected chi connectivity index (χ3v) is 4.21. The fourth-order valence-electron chi connectivity index (χ4n) is 1.63. The molecular formula is C15H12ClNS. The van der Waals surface area contributed by atoms with E-state index in [9.17, 15) is 5.26 Å². The highest BCUT2D eigenvalue weighted by Crippen LogP contribution is 2.30. The monoisotopic (exact) mass is 273 g/mol. The highest BCUT2D eigenvalue weighted by molar-refractivity contribution is 7.99. The fourth-order valence-corrected chi connectivity index (χ4v) is 2.92. The molecule has 0 N–H and O–H groups in total. The van der Waals surface area contributed by atoms with Crippen molar-refractivity contribution in [2.24, 2.45) is 0 Å². The zero-order chi connectivity index (χ0) is 12.8. The highest BCUT2D eigenvalue weighted by Gasteiger charge is 2.11. The standard InChI is InChI=1S/C15H12ClNS/c16-14-8-4-5-9-15(14)18-11-13(10-17)12-6-2-1-3-7-12/h1-9,13H,11H2. The van der Waals surface area contributed by atoms with Crippen molar-refractivity contribution in [2.75, 3.05) is 5.75 Å². The van der Waals surface area contributed by atoms with E-state index in [0.717, 1.165) is 15.5 Å². The van der Waals surface area contributed by atoms with Crippen molar-refractivity contribution in [3.8, 4) is 6.07 Å². The van der Waals surface area contributed by atoms with Gasteiger partial charge in [0.15, 0.2) is 0 Å². The number of nitriles is 1. The first-order chi connectivity index (χ1) is 8.81. The van der Waals surface area contributed by atoms with Crippen LogP contribution in [0.2, 0.25) is 5.02 Å². The smallest absolute Gasteiger partial charge is 0.0806 e. The van der Waals surface area contributed by atoms with Gasteiger partial charge in [-0.2, -0.15) is 5.26 Å². The Bertz CT molecular complexity index is 548. The Balaban J connectivity index is 2.05. The third kappa shape index (κ3) is 3.29. The lowest BCUT2D eigenvalue weighted by Crippen LogP contribution is -1.98. The average molecular weight is 274 g/mol. The van der Waals surface area contributed by atoms with Gasteiger partial charge < -0.3 is 0 Å². The lowest BCUT2D eigenvalue weighted by molar-refractivity contribution is 0.996. The van der Waals surface area contributed by atoms with E-state index in [0.29, 0.717) is 5.75 Å². The van der Waals surface area contributed by atoms with Gasteiger partial charge in [-0.05, 0) is 17.7 Å². The van der Waals surface area contributed by atoms with E-state index in [2.05, 4.69) is 6.07 Å². The first-order valence-electron chi connectivity index (χ1n) is 5.63. The van der Waals surface area contributed by atoms with Gasteiger partial charge in [0.05, 0.1) is 17.0 Å². The number of halogens is 1. The average Bonchev–Trinajstić information content (AvgIpc) is 2.42. The molecule has 1 atom stereocenters. The summed E-state index contributed by atoms with van der Waals surface area (Å²) >= 11 is 7.71. The zero-order valence-electron chi connectivity index (χ0n) is 9.71. The summed E-state index contributed by atoms with van der Waals surface area (Å²) < 4.78 is 0. The summed E-state index contributed by atoms with van der Waals surface area (Å²) in [6.07, 6.45) is 0. The van der Waals surface area contributed by atoms with Crippen molar-refractivity contribution < 1.29 is 0 Å². The molecule has 1 unspecified atom stereocenters. The quantitative estimate of drug-likeness (QED) is 0.751. The van der Waals surface area contributed by atoms with E-state index >= 15 is 0 Å². The fraction of sp³-hybridized carbons (Fsp3) is 0.133. The molecule has 0 saturated carbocycles. The molecule has 2 aromatic rings. The van der Waals surface area contributed by atoms with E-state index in [-0.39, 0.29) is 5.92 Å². The van der Waals surface area contributed by atoms with Gasteiger partial charge in [-0.3, -0.25) is 0 Å². The lowest BCUT2D eigenvalue weighted by atomic mass is 10.0. The Morgan fingerprint density at radius 2 is 1.72 bits per heavy atom. The van der Waals surface area contributed by atoms with Crippen LogP contribution in [-0.2, 0) is 0 Å². The van der Waals surface area contributed by atoms with Crippen LogP contribution >= 0.6 is 23.4 Å². The molecule has 0 fully saturated rings. The normalized spacial score (nSPS) is 11.8. The molecule has 0 radical (unpaired) electrons. The number of hydrogen-bond acceptors (Lipinski definition) is 2. The van der Waals surface area contributed by atoms with Crippen molar-refractivity contribution in [3.05, 3.63) is 65.2 Å². The van der Waals surface area contributed by atoms with Crippen LogP contribution in [0.1, 0.15) is 11.5 Å². The Morgan fingerprint density at radius 3 is 2.39 bits per heavy atom. The Labute approximate surface area is 116 Å². The molecule has 0 heterocycles. The lowest BCUT2D eigenvalue weighted by Gasteiger charge is -2.09. The predicted molar refractivity (Wildman–Crippen MR) is 77.0 cm³/mol. The first-order valence-corrected chi connectivity index (χ1v) is 6.99. The topological polar surface area (TPSA) is 23.8 Å². The van der Waals surface area contributed by atoms with Crippen molar-refractivity contribution >= 4 is 23.4 Å². The van der Waals surface area contributed by atoms with Gasteiger partial charge in [0.2, 0.25) is 0 Å². The number of hydrogen-bond donors (Lipinski definition) is 0. The summed E-state index contributed by atoms with van der Waals surface area (Å²) in [5.74, 6) is 0.608. The number of rotatable bonds is 4. The summed E-state index contributed by atoms with van der Waals surface area (Å²) in [6.45, 7) is 0. The Hall–Kier alpha value is -1.43. The van der Waals surface area contributed by atoms with E-state index < -0.39 is 0 Å². The molecular weight excluding hydrogens is 262 g/mol. The minimum Gasteiger partial charge on any atom is -0.198 e. The Morgan fingerprint density at radius 1 is 1.06 bits per heavy atom. The predicted octanol–water partition coefficient (Wildman–Crippen LogP) is 4.74. The summed E-state index contributed by atoms with van der Waals surface area (Å²) in [5, 5.41) is 9.97. The van der Waals surface area contributed by atoms with Gasteiger partial charge in [0.25, 0.3) is 0 Å². The second-order valence-corrected chi connectivity index (χ2v) is 5.30. The molecule has 0 aliphatic carbocycles. The SMILES string of the molecule is N#CC(CSc1ccccc1Cl)c1ccccc1. The van der Waals surface area contributed by atoms with Crippen molar-refractivity contribution in [3.63, 3.8) is 0 Å². The summed E-state index contributed by atoms with van der Waals surface area (Å²) in [5.41, 5.74) is 1.06. The largest absolute Gasteiger partial charge is 0.198 e. The van der Waals surface area contributed by atoms with Crippen LogP contribution in [0.3, 0.4) is 0 Å².